The van der Waals surface area contributed by atoms with Gasteiger partial charge in [-0.25, -0.2) is 0 Å². The maximum atomic E-state index is 13.2. The summed E-state index contributed by atoms with van der Waals surface area (Å²) in [6, 6.07) is 0.728. The van der Waals surface area contributed by atoms with Crippen LogP contribution in [-0.4, -0.2) is 18.0 Å². The molecule has 3 N–H and O–H groups in total. The number of rotatable bonds is 2. The van der Waals surface area contributed by atoms with Gasteiger partial charge in [-0.2, -0.15) is 0 Å². The average molecular weight is 304 g/mol. The van der Waals surface area contributed by atoms with Crippen LogP contribution in [-0.2, 0) is 4.79 Å². The molecule has 0 aromatic carbocycles. The van der Waals surface area contributed by atoms with Crippen LogP contribution in [0.2, 0.25) is 0 Å². The fourth-order valence-corrected chi connectivity index (χ4v) is 7.30. The first kappa shape index (κ1) is 15.0. The van der Waals surface area contributed by atoms with E-state index in [4.69, 9.17) is 5.73 Å². The summed E-state index contributed by atoms with van der Waals surface area (Å²) < 4.78 is 0. The summed E-state index contributed by atoms with van der Waals surface area (Å²) in [7, 11) is 0. The molecule has 5 saturated carbocycles. The summed E-state index contributed by atoms with van der Waals surface area (Å²) in [4.78, 5) is 13.2. The molecule has 0 aromatic rings. The molecule has 1 amide bonds. The number of hydrogen-bond donors (Lipinski definition) is 2. The Labute approximate surface area is 134 Å². The van der Waals surface area contributed by atoms with Crippen molar-refractivity contribution >= 4 is 5.91 Å². The van der Waals surface area contributed by atoms with E-state index in [1.165, 1.54) is 19.3 Å². The number of carbonyl (C=O) groups excluding carboxylic acids is 1. The largest absolute Gasteiger partial charge is 0.353 e. The van der Waals surface area contributed by atoms with Crippen LogP contribution in [0.25, 0.3) is 0 Å². The van der Waals surface area contributed by atoms with Gasteiger partial charge in [0.1, 0.15) is 0 Å². The van der Waals surface area contributed by atoms with Crippen molar-refractivity contribution in [2.45, 2.75) is 90.1 Å². The van der Waals surface area contributed by atoms with Crippen LogP contribution in [0.4, 0.5) is 0 Å². The van der Waals surface area contributed by atoms with Crippen molar-refractivity contribution in [3.8, 4) is 0 Å². The van der Waals surface area contributed by atoms with Gasteiger partial charge in [0.15, 0.2) is 0 Å². The maximum absolute atomic E-state index is 13.2. The number of hydrogen-bond acceptors (Lipinski definition) is 2. The van der Waals surface area contributed by atoms with Gasteiger partial charge in [0.25, 0.3) is 0 Å². The highest BCUT2D eigenvalue weighted by Crippen LogP contribution is 2.69. The number of carbonyl (C=O) groups is 1. The predicted octanol–water partition coefficient (Wildman–Crippen LogP) is 3.37. The van der Waals surface area contributed by atoms with Gasteiger partial charge >= 0.3 is 0 Å². The van der Waals surface area contributed by atoms with Crippen molar-refractivity contribution < 1.29 is 4.79 Å². The summed E-state index contributed by atoms with van der Waals surface area (Å²) in [5, 5.41) is 3.44. The fraction of sp³-hybridized carbons (Fsp3) is 0.947. The van der Waals surface area contributed by atoms with Crippen LogP contribution < -0.4 is 11.1 Å². The Bertz CT molecular complexity index is 462. The van der Waals surface area contributed by atoms with E-state index in [1.807, 2.05) is 0 Å². The average Bonchev–Trinajstić information content (AvgIpc) is 2.37. The zero-order chi connectivity index (χ0) is 15.6. The van der Waals surface area contributed by atoms with Gasteiger partial charge in [-0.3, -0.25) is 4.79 Å². The normalized spacial score (nSPS) is 53.5. The topological polar surface area (TPSA) is 55.1 Å². The van der Waals surface area contributed by atoms with E-state index in [9.17, 15) is 4.79 Å². The van der Waals surface area contributed by atoms with Gasteiger partial charge in [-0.15, -0.1) is 0 Å². The molecule has 3 nitrogen and oxygen atoms in total. The molecule has 2 atom stereocenters. The molecule has 5 aliphatic rings. The van der Waals surface area contributed by atoms with Crippen LogP contribution in [0, 0.1) is 22.2 Å². The van der Waals surface area contributed by atoms with Crippen molar-refractivity contribution in [2.75, 3.05) is 0 Å². The lowest BCUT2D eigenvalue weighted by atomic mass is 9.40. The van der Waals surface area contributed by atoms with E-state index in [0.29, 0.717) is 28.8 Å². The van der Waals surface area contributed by atoms with Crippen LogP contribution in [0.5, 0.6) is 0 Å². The maximum Gasteiger partial charge on any atom is 0.226 e. The van der Waals surface area contributed by atoms with Gasteiger partial charge in [-0.05, 0) is 81.0 Å². The van der Waals surface area contributed by atoms with Crippen molar-refractivity contribution in [3.63, 3.8) is 0 Å². The Morgan fingerprint density at radius 3 is 2.09 bits per heavy atom. The third kappa shape index (κ3) is 2.40. The highest BCUT2D eigenvalue weighted by Gasteiger charge is 2.62. The minimum absolute atomic E-state index is 0.0531. The molecule has 0 aliphatic heterocycles. The quantitative estimate of drug-likeness (QED) is 0.822. The zero-order valence-corrected chi connectivity index (χ0v) is 14.3. The molecular formula is C19H32N2O. The monoisotopic (exact) mass is 304 g/mol. The molecule has 0 heterocycles. The molecule has 2 unspecified atom stereocenters. The third-order valence-corrected chi connectivity index (χ3v) is 7.21. The van der Waals surface area contributed by atoms with E-state index in [0.717, 1.165) is 50.9 Å². The summed E-state index contributed by atoms with van der Waals surface area (Å²) in [6.45, 7) is 4.88. The summed E-state index contributed by atoms with van der Waals surface area (Å²) in [5.41, 5.74) is 6.78. The molecular weight excluding hydrogens is 272 g/mol. The number of nitrogens with two attached hydrogens (primary N) is 1. The zero-order valence-electron chi connectivity index (χ0n) is 14.3. The van der Waals surface area contributed by atoms with Crippen molar-refractivity contribution in [1.29, 1.82) is 0 Å². The molecule has 5 rings (SSSR count). The lowest BCUT2D eigenvalue weighted by Gasteiger charge is -2.64. The Balaban J connectivity index is 1.50. The summed E-state index contributed by atoms with van der Waals surface area (Å²) in [5.74, 6) is 1.17. The Kier molecular flexibility index (Phi) is 3.21. The van der Waals surface area contributed by atoms with Gasteiger partial charge < -0.3 is 11.1 Å². The third-order valence-electron chi connectivity index (χ3n) is 7.21. The first-order chi connectivity index (χ1) is 10.3. The van der Waals surface area contributed by atoms with Gasteiger partial charge in [0, 0.05) is 12.1 Å². The van der Waals surface area contributed by atoms with Crippen LogP contribution >= 0.6 is 0 Å². The van der Waals surface area contributed by atoms with E-state index in [-0.39, 0.29) is 5.41 Å². The van der Waals surface area contributed by atoms with E-state index < -0.39 is 0 Å². The lowest BCUT2D eigenvalue weighted by Crippen LogP contribution is -2.61. The van der Waals surface area contributed by atoms with Crippen LogP contribution in [0.1, 0.15) is 78.1 Å². The molecule has 4 bridgehead atoms. The van der Waals surface area contributed by atoms with Crippen molar-refractivity contribution in [1.82, 2.24) is 5.32 Å². The van der Waals surface area contributed by atoms with Crippen molar-refractivity contribution in [3.05, 3.63) is 0 Å². The molecule has 5 fully saturated rings. The first-order valence-corrected chi connectivity index (χ1v) is 9.37. The minimum atomic E-state index is -0.0531. The molecule has 0 saturated heterocycles. The highest BCUT2D eigenvalue weighted by atomic mass is 16.2. The molecule has 124 valence electrons. The second-order valence-electron chi connectivity index (χ2n) is 10.00. The standard InChI is InChI=1S/C19H32N2O/c1-17-7-13-8-18(2,10-17)12-19(9-13,11-17)16(22)21-15-5-3-14(20)4-6-15/h13-15H,3-12,20H2,1-2H3,(H,21,22). The Hall–Kier alpha value is -0.570. The Morgan fingerprint density at radius 2 is 1.55 bits per heavy atom. The van der Waals surface area contributed by atoms with Crippen LogP contribution in [0.3, 0.4) is 0 Å². The predicted molar refractivity (Wildman–Crippen MR) is 88.2 cm³/mol. The fourth-order valence-electron chi connectivity index (χ4n) is 7.30. The van der Waals surface area contributed by atoms with E-state index in [2.05, 4.69) is 19.2 Å². The molecule has 0 aromatic heterocycles. The molecule has 3 heteroatoms. The van der Waals surface area contributed by atoms with E-state index in [1.54, 1.807) is 0 Å². The SMILES string of the molecule is CC12CC3CC(C)(C1)CC(C(=O)NC1CCC(N)CC1)(C3)C2. The Morgan fingerprint density at radius 1 is 0.955 bits per heavy atom. The number of nitrogens with one attached hydrogen (secondary N) is 1. The second kappa shape index (κ2) is 4.72. The molecule has 22 heavy (non-hydrogen) atoms. The highest BCUT2D eigenvalue weighted by molar-refractivity contribution is 5.83. The molecule has 0 spiro atoms. The molecule has 0 radical (unpaired) electrons. The number of amides is 1. The van der Waals surface area contributed by atoms with E-state index >= 15 is 0 Å². The first-order valence-electron chi connectivity index (χ1n) is 9.37. The lowest BCUT2D eigenvalue weighted by molar-refractivity contribution is -0.170. The smallest absolute Gasteiger partial charge is 0.226 e. The molecule has 5 aliphatic carbocycles. The summed E-state index contributed by atoms with van der Waals surface area (Å²) >= 11 is 0. The van der Waals surface area contributed by atoms with Gasteiger partial charge in [0.2, 0.25) is 5.91 Å². The van der Waals surface area contributed by atoms with Gasteiger partial charge in [0.05, 0.1) is 5.41 Å². The minimum Gasteiger partial charge on any atom is -0.353 e. The van der Waals surface area contributed by atoms with Gasteiger partial charge in [-0.1, -0.05) is 13.8 Å². The van der Waals surface area contributed by atoms with Crippen LogP contribution in [0.15, 0.2) is 0 Å². The van der Waals surface area contributed by atoms with Crippen molar-refractivity contribution in [2.24, 2.45) is 27.9 Å². The second-order valence-corrected chi connectivity index (χ2v) is 10.00. The summed E-state index contributed by atoms with van der Waals surface area (Å²) in [6.07, 6.45) is 11.7.